The van der Waals surface area contributed by atoms with Crippen LogP contribution in [0.1, 0.15) is 27.2 Å². The van der Waals surface area contributed by atoms with Crippen molar-refractivity contribution in [1.29, 1.82) is 0 Å². The Morgan fingerprint density at radius 3 is 2.24 bits per heavy atom. The van der Waals surface area contributed by atoms with Crippen molar-refractivity contribution >= 4 is 12.0 Å². The van der Waals surface area contributed by atoms with Crippen molar-refractivity contribution in [2.75, 3.05) is 13.7 Å². The molecule has 17 heavy (non-hydrogen) atoms. The van der Waals surface area contributed by atoms with Gasteiger partial charge in [-0.05, 0) is 12.3 Å². The van der Waals surface area contributed by atoms with Crippen LogP contribution in [0.5, 0.6) is 0 Å². The number of rotatable bonds is 7. The predicted molar refractivity (Wildman–Crippen MR) is 63.9 cm³/mol. The first-order chi connectivity index (χ1) is 7.92. The minimum atomic E-state index is -1.03. The Hall–Kier alpha value is -1.30. The van der Waals surface area contributed by atoms with E-state index < -0.39 is 18.0 Å². The molecule has 0 saturated heterocycles. The molecule has 0 aromatic carbocycles. The number of nitrogens with one attached hydrogen (secondary N) is 2. The Labute approximate surface area is 102 Å². The topological polar surface area (TPSA) is 87.7 Å². The number of carbonyl (C=O) groups is 2. The van der Waals surface area contributed by atoms with Gasteiger partial charge in [-0.25, -0.2) is 9.59 Å². The van der Waals surface area contributed by atoms with Crippen molar-refractivity contribution in [3.8, 4) is 0 Å². The molecular formula is C11H22N2O4. The van der Waals surface area contributed by atoms with E-state index in [1.54, 1.807) is 14.0 Å². The molecule has 6 nitrogen and oxygen atoms in total. The van der Waals surface area contributed by atoms with Crippen LogP contribution in [-0.4, -0.2) is 42.9 Å². The highest BCUT2D eigenvalue weighted by Gasteiger charge is 2.20. The lowest BCUT2D eigenvalue weighted by Gasteiger charge is -2.22. The number of methoxy groups -OCH3 is 1. The summed E-state index contributed by atoms with van der Waals surface area (Å²) in [7, 11) is 1.56. The lowest BCUT2D eigenvalue weighted by atomic mass is 10.1. The number of carboxylic acid groups (broad SMARTS) is 1. The van der Waals surface area contributed by atoms with Crippen molar-refractivity contribution in [3.05, 3.63) is 0 Å². The maximum absolute atomic E-state index is 11.6. The zero-order valence-electron chi connectivity index (χ0n) is 10.8. The molecule has 6 heteroatoms. The van der Waals surface area contributed by atoms with Gasteiger partial charge in [-0.1, -0.05) is 20.8 Å². The van der Waals surface area contributed by atoms with Crippen molar-refractivity contribution in [2.45, 2.75) is 39.3 Å². The van der Waals surface area contributed by atoms with E-state index in [0.29, 0.717) is 13.0 Å². The van der Waals surface area contributed by atoms with Crippen molar-refractivity contribution < 1.29 is 19.4 Å². The highest BCUT2D eigenvalue weighted by molar-refractivity contribution is 5.82. The van der Waals surface area contributed by atoms with Gasteiger partial charge in [0.05, 0.1) is 12.6 Å². The van der Waals surface area contributed by atoms with E-state index in [1.807, 2.05) is 13.8 Å². The quantitative estimate of drug-likeness (QED) is 0.620. The van der Waals surface area contributed by atoms with Gasteiger partial charge in [-0.2, -0.15) is 0 Å². The Kier molecular flexibility index (Phi) is 7.29. The smallest absolute Gasteiger partial charge is 0.326 e. The molecule has 2 atom stereocenters. The number of hydrogen-bond donors (Lipinski definition) is 3. The third-order valence-electron chi connectivity index (χ3n) is 2.48. The number of carbonyl (C=O) groups excluding carboxylic acids is 1. The number of urea groups is 1. The average Bonchev–Trinajstić information content (AvgIpc) is 2.24. The van der Waals surface area contributed by atoms with Gasteiger partial charge in [0.1, 0.15) is 6.04 Å². The summed E-state index contributed by atoms with van der Waals surface area (Å²) in [6.45, 7) is 6.01. The van der Waals surface area contributed by atoms with Gasteiger partial charge in [0, 0.05) is 7.11 Å². The van der Waals surface area contributed by atoms with Crippen molar-refractivity contribution in [3.63, 3.8) is 0 Å². The summed E-state index contributed by atoms with van der Waals surface area (Å²) >= 11 is 0. The van der Waals surface area contributed by atoms with Gasteiger partial charge < -0.3 is 20.5 Å². The molecule has 0 heterocycles. The fourth-order valence-electron chi connectivity index (χ4n) is 1.29. The van der Waals surface area contributed by atoms with E-state index in [0.717, 1.165) is 0 Å². The Balaban J connectivity index is 4.26. The molecule has 0 spiro atoms. The lowest BCUT2D eigenvalue weighted by Crippen LogP contribution is -2.51. The third-order valence-corrected chi connectivity index (χ3v) is 2.48. The zero-order chi connectivity index (χ0) is 13.4. The van der Waals surface area contributed by atoms with Crippen LogP contribution in [0.15, 0.2) is 0 Å². The molecule has 2 amide bonds. The standard InChI is InChI=1S/C11H22N2O4/c1-5-8(10(14)15)12-11(16)13-9(6-17-4)7(2)3/h7-9H,5-6H2,1-4H3,(H,14,15)(H2,12,13,16). The Bertz CT molecular complexity index is 256. The molecule has 0 aromatic heterocycles. The van der Waals surface area contributed by atoms with Gasteiger partial charge in [-0.15, -0.1) is 0 Å². The molecule has 3 N–H and O–H groups in total. The van der Waals surface area contributed by atoms with Crippen LogP contribution in [0.25, 0.3) is 0 Å². The third kappa shape index (κ3) is 6.11. The molecule has 0 fully saturated rings. The first-order valence-electron chi connectivity index (χ1n) is 5.71. The normalized spacial score (nSPS) is 14.2. The average molecular weight is 246 g/mol. The second-order valence-corrected chi connectivity index (χ2v) is 4.22. The molecule has 0 aliphatic rings. The minimum Gasteiger partial charge on any atom is -0.480 e. The van der Waals surface area contributed by atoms with Gasteiger partial charge in [-0.3, -0.25) is 0 Å². The van der Waals surface area contributed by atoms with Gasteiger partial charge in [0.25, 0.3) is 0 Å². The number of carboxylic acids is 1. The highest BCUT2D eigenvalue weighted by Crippen LogP contribution is 2.02. The van der Waals surface area contributed by atoms with E-state index in [1.165, 1.54) is 0 Å². The van der Waals surface area contributed by atoms with Crippen LogP contribution in [0.3, 0.4) is 0 Å². The van der Waals surface area contributed by atoms with Crippen LogP contribution < -0.4 is 10.6 Å². The van der Waals surface area contributed by atoms with Crippen LogP contribution in [0.4, 0.5) is 4.79 Å². The fourth-order valence-corrected chi connectivity index (χ4v) is 1.29. The number of amides is 2. The van der Waals surface area contributed by atoms with E-state index >= 15 is 0 Å². The fraction of sp³-hybridized carbons (Fsp3) is 0.818. The van der Waals surface area contributed by atoms with Crippen LogP contribution >= 0.6 is 0 Å². The molecule has 0 rings (SSSR count). The summed E-state index contributed by atoms with van der Waals surface area (Å²) in [5.41, 5.74) is 0. The maximum Gasteiger partial charge on any atom is 0.326 e. The summed E-state index contributed by atoms with van der Waals surface area (Å²) in [5.74, 6) is -0.818. The van der Waals surface area contributed by atoms with E-state index in [9.17, 15) is 9.59 Å². The molecule has 0 aliphatic carbocycles. The summed E-state index contributed by atoms with van der Waals surface area (Å²) in [6.07, 6.45) is 0.347. The molecular weight excluding hydrogens is 224 g/mol. The zero-order valence-corrected chi connectivity index (χ0v) is 10.8. The predicted octanol–water partition coefficient (Wildman–Crippen LogP) is 0.820. The van der Waals surface area contributed by atoms with Crippen LogP contribution in [0, 0.1) is 5.92 Å². The lowest BCUT2D eigenvalue weighted by molar-refractivity contribution is -0.139. The van der Waals surface area contributed by atoms with E-state index in [2.05, 4.69) is 10.6 Å². The first-order valence-corrected chi connectivity index (χ1v) is 5.71. The molecule has 2 unspecified atom stereocenters. The molecule has 0 aliphatic heterocycles. The minimum absolute atomic E-state index is 0.133. The highest BCUT2D eigenvalue weighted by atomic mass is 16.5. The monoisotopic (exact) mass is 246 g/mol. The van der Waals surface area contributed by atoms with E-state index in [-0.39, 0.29) is 12.0 Å². The van der Waals surface area contributed by atoms with Gasteiger partial charge in [0.15, 0.2) is 0 Å². The van der Waals surface area contributed by atoms with Gasteiger partial charge in [0.2, 0.25) is 0 Å². The molecule has 0 aromatic rings. The van der Waals surface area contributed by atoms with Gasteiger partial charge >= 0.3 is 12.0 Å². The molecule has 0 bridgehead atoms. The number of ether oxygens (including phenoxy) is 1. The van der Waals surface area contributed by atoms with Crippen LogP contribution in [-0.2, 0) is 9.53 Å². The molecule has 100 valence electrons. The maximum atomic E-state index is 11.6. The Morgan fingerprint density at radius 2 is 1.88 bits per heavy atom. The van der Waals surface area contributed by atoms with Crippen molar-refractivity contribution in [2.24, 2.45) is 5.92 Å². The number of aliphatic carboxylic acids is 1. The van der Waals surface area contributed by atoms with Crippen LogP contribution in [0.2, 0.25) is 0 Å². The molecule has 0 saturated carbocycles. The molecule has 0 radical (unpaired) electrons. The van der Waals surface area contributed by atoms with E-state index in [4.69, 9.17) is 9.84 Å². The SMILES string of the molecule is CCC(NC(=O)NC(COC)C(C)C)C(=O)O. The Morgan fingerprint density at radius 1 is 1.29 bits per heavy atom. The second-order valence-electron chi connectivity index (χ2n) is 4.22. The number of hydrogen-bond acceptors (Lipinski definition) is 3. The summed E-state index contributed by atoms with van der Waals surface area (Å²) in [6, 6.07) is -1.47. The largest absolute Gasteiger partial charge is 0.480 e. The summed E-state index contributed by atoms with van der Waals surface area (Å²) < 4.78 is 4.99. The second kappa shape index (κ2) is 7.89. The summed E-state index contributed by atoms with van der Waals surface area (Å²) in [5, 5.41) is 13.9. The first kappa shape index (κ1) is 15.7. The summed E-state index contributed by atoms with van der Waals surface area (Å²) in [4.78, 5) is 22.3. The van der Waals surface area contributed by atoms with Crippen molar-refractivity contribution in [1.82, 2.24) is 10.6 Å².